The van der Waals surface area contributed by atoms with Crippen LogP contribution in [0.2, 0.25) is 0 Å². The first kappa shape index (κ1) is 21.6. The number of thiophene rings is 1. The first-order valence-corrected chi connectivity index (χ1v) is 11.4. The summed E-state index contributed by atoms with van der Waals surface area (Å²) < 4.78 is 0. The van der Waals surface area contributed by atoms with E-state index in [0.29, 0.717) is 13.0 Å². The molecule has 1 unspecified atom stereocenters. The van der Waals surface area contributed by atoms with Crippen molar-refractivity contribution in [2.75, 3.05) is 13.1 Å². The molecular formula is C24H32N2O2S. The van der Waals surface area contributed by atoms with Gasteiger partial charge in [-0.05, 0) is 61.2 Å². The van der Waals surface area contributed by atoms with Crippen molar-refractivity contribution in [2.45, 2.75) is 59.5 Å². The molecule has 2 aromatic rings. The fourth-order valence-corrected chi connectivity index (χ4v) is 4.98. The van der Waals surface area contributed by atoms with Crippen LogP contribution in [0.1, 0.15) is 61.7 Å². The predicted molar refractivity (Wildman–Crippen MR) is 119 cm³/mol. The highest BCUT2D eigenvalue weighted by Gasteiger charge is 2.35. The van der Waals surface area contributed by atoms with Crippen LogP contribution in [0.25, 0.3) is 0 Å². The van der Waals surface area contributed by atoms with Crippen molar-refractivity contribution in [1.82, 2.24) is 9.80 Å². The first-order valence-electron chi connectivity index (χ1n) is 10.5. The molecule has 0 bridgehead atoms. The van der Waals surface area contributed by atoms with Crippen molar-refractivity contribution in [3.05, 3.63) is 57.3 Å². The molecule has 3 rings (SSSR count). The Hall–Kier alpha value is -2.14. The number of aryl methyl sites for hydroxylation is 1. The summed E-state index contributed by atoms with van der Waals surface area (Å²) in [5.41, 5.74) is 3.59. The summed E-state index contributed by atoms with van der Waals surface area (Å²) in [5.74, 6) is 0.367. The van der Waals surface area contributed by atoms with Crippen LogP contribution in [0.15, 0.2) is 35.7 Å². The van der Waals surface area contributed by atoms with Gasteiger partial charge in [0, 0.05) is 23.9 Å². The quantitative estimate of drug-likeness (QED) is 0.683. The lowest BCUT2D eigenvalue weighted by atomic mass is 9.90. The van der Waals surface area contributed by atoms with E-state index < -0.39 is 0 Å². The average Bonchev–Trinajstić information content (AvgIpc) is 3.13. The zero-order valence-electron chi connectivity index (χ0n) is 18.1. The van der Waals surface area contributed by atoms with Gasteiger partial charge in [0.15, 0.2) is 0 Å². The second kappa shape index (κ2) is 9.12. The van der Waals surface area contributed by atoms with Gasteiger partial charge in [-0.3, -0.25) is 9.59 Å². The standard InChI is InChI=1S/C24H32N2O2S/c1-16(2)14-22(27)26(17(3)4)15-23(28)25-12-10-21-20(11-13-29-21)24(25)19-9-7-6-8-18(19)5/h6-9,11,13,16-17,24H,10,12,14-15H2,1-5H3. The van der Waals surface area contributed by atoms with Crippen molar-refractivity contribution in [2.24, 2.45) is 5.92 Å². The minimum absolute atomic E-state index is 0.00334. The average molecular weight is 413 g/mol. The highest BCUT2D eigenvalue weighted by Crippen LogP contribution is 2.39. The van der Waals surface area contributed by atoms with Crippen LogP contribution < -0.4 is 0 Å². The van der Waals surface area contributed by atoms with E-state index in [1.165, 1.54) is 21.6 Å². The van der Waals surface area contributed by atoms with Crippen LogP contribution in [0.5, 0.6) is 0 Å². The number of nitrogens with zero attached hydrogens (tertiary/aromatic N) is 2. The normalized spacial score (nSPS) is 16.2. The molecule has 1 atom stereocenters. The van der Waals surface area contributed by atoms with Gasteiger partial charge in [0.2, 0.25) is 11.8 Å². The lowest BCUT2D eigenvalue weighted by Crippen LogP contribution is -2.48. The fourth-order valence-electron chi connectivity index (χ4n) is 4.08. The maximum absolute atomic E-state index is 13.5. The van der Waals surface area contributed by atoms with E-state index in [-0.39, 0.29) is 36.4 Å². The number of benzene rings is 1. The summed E-state index contributed by atoms with van der Waals surface area (Å²) in [4.78, 5) is 31.3. The van der Waals surface area contributed by atoms with Crippen molar-refractivity contribution in [1.29, 1.82) is 0 Å². The summed E-state index contributed by atoms with van der Waals surface area (Å²) in [7, 11) is 0. The molecule has 5 heteroatoms. The molecular weight excluding hydrogens is 380 g/mol. The molecule has 0 saturated carbocycles. The minimum atomic E-state index is -0.0760. The van der Waals surface area contributed by atoms with Gasteiger partial charge in [0.1, 0.15) is 6.54 Å². The molecule has 29 heavy (non-hydrogen) atoms. The van der Waals surface area contributed by atoms with E-state index in [1.54, 1.807) is 16.2 Å². The molecule has 0 saturated heterocycles. The highest BCUT2D eigenvalue weighted by molar-refractivity contribution is 7.10. The molecule has 1 aliphatic rings. The largest absolute Gasteiger partial charge is 0.331 e. The summed E-state index contributed by atoms with van der Waals surface area (Å²) >= 11 is 1.77. The molecule has 0 N–H and O–H groups in total. The summed E-state index contributed by atoms with van der Waals surface area (Å²) in [5, 5.41) is 2.12. The van der Waals surface area contributed by atoms with Crippen molar-refractivity contribution >= 4 is 23.2 Å². The molecule has 2 heterocycles. The van der Waals surface area contributed by atoms with Crippen molar-refractivity contribution in [3.8, 4) is 0 Å². The van der Waals surface area contributed by atoms with Crippen LogP contribution in [-0.2, 0) is 16.0 Å². The summed E-state index contributed by atoms with van der Waals surface area (Å²) in [6.45, 7) is 11.0. The number of hydrogen-bond acceptors (Lipinski definition) is 3. The van der Waals surface area contributed by atoms with E-state index in [2.05, 4.69) is 30.5 Å². The van der Waals surface area contributed by atoms with Gasteiger partial charge < -0.3 is 9.80 Å². The van der Waals surface area contributed by atoms with E-state index in [9.17, 15) is 9.59 Å². The highest BCUT2D eigenvalue weighted by atomic mass is 32.1. The van der Waals surface area contributed by atoms with Gasteiger partial charge in [-0.2, -0.15) is 0 Å². The van der Waals surface area contributed by atoms with Crippen LogP contribution in [0.4, 0.5) is 0 Å². The molecule has 0 aliphatic carbocycles. The second-order valence-corrected chi connectivity index (χ2v) is 9.61. The third-order valence-corrected chi connectivity index (χ3v) is 6.60. The summed E-state index contributed by atoms with van der Waals surface area (Å²) in [6.07, 6.45) is 1.35. The molecule has 2 amide bonds. The number of carbonyl (C=O) groups is 2. The SMILES string of the molecule is Cc1ccccc1C1c2ccsc2CCN1C(=O)CN(C(=O)CC(C)C)C(C)C. The van der Waals surface area contributed by atoms with Gasteiger partial charge >= 0.3 is 0 Å². The number of amides is 2. The molecule has 0 radical (unpaired) electrons. The molecule has 1 aliphatic heterocycles. The Balaban J connectivity index is 1.90. The molecule has 0 fully saturated rings. The third kappa shape index (κ3) is 4.72. The molecule has 1 aromatic heterocycles. The van der Waals surface area contributed by atoms with Gasteiger partial charge in [0.25, 0.3) is 0 Å². The number of carbonyl (C=O) groups excluding carboxylic acids is 2. The Labute approximate surface area is 178 Å². The van der Waals surface area contributed by atoms with Crippen molar-refractivity contribution < 1.29 is 9.59 Å². The van der Waals surface area contributed by atoms with E-state index in [1.807, 2.05) is 44.7 Å². The number of rotatable bonds is 6. The van der Waals surface area contributed by atoms with E-state index in [0.717, 1.165) is 6.42 Å². The van der Waals surface area contributed by atoms with Gasteiger partial charge in [0.05, 0.1) is 6.04 Å². The van der Waals surface area contributed by atoms with Gasteiger partial charge in [-0.1, -0.05) is 38.1 Å². The lowest BCUT2D eigenvalue weighted by molar-refractivity contribution is -0.143. The predicted octanol–water partition coefficient (Wildman–Crippen LogP) is 4.81. The first-order chi connectivity index (χ1) is 13.8. The van der Waals surface area contributed by atoms with Crippen LogP contribution in [-0.4, -0.2) is 40.7 Å². The zero-order chi connectivity index (χ0) is 21.1. The minimum Gasteiger partial charge on any atom is -0.331 e. The van der Waals surface area contributed by atoms with Crippen LogP contribution in [0.3, 0.4) is 0 Å². The smallest absolute Gasteiger partial charge is 0.243 e. The van der Waals surface area contributed by atoms with Crippen LogP contribution in [0, 0.1) is 12.8 Å². The van der Waals surface area contributed by atoms with Gasteiger partial charge in [-0.25, -0.2) is 0 Å². The Morgan fingerprint density at radius 2 is 1.86 bits per heavy atom. The molecule has 156 valence electrons. The van der Waals surface area contributed by atoms with E-state index >= 15 is 0 Å². The number of hydrogen-bond donors (Lipinski definition) is 0. The molecule has 4 nitrogen and oxygen atoms in total. The van der Waals surface area contributed by atoms with Crippen LogP contribution >= 0.6 is 11.3 Å². The molecule has 1 aromatic carbocycles. The monoisotopic (exact) mass is 412 g/mol. The van der Waals surface area contributed by atoms with Gasteiger partial charge in [-0.15, -0.1) is 11.3 Å². The Morgan fingerprint density at radius 3 is 2.52 bits per heavy atom. The Morgan fingerprint density at radius 1 is 1.14 bits per heavy atom. The Bertz CT molecular complexity index is 871. The lowest BCUT2D eigenvalue weighted by Gasteiger charge is -2.39. The Kier molecular flexibility index (Phi) is 6.78. The second-order valence-electron chi connectivity index (χ2n) is 8.61. The van der Waals surface area contributed by atoms with Crippen molar-refractivity contribution in [3.63, 3.8) is 0 Å². The summed E-state index contributed by atoms with van der Waals surface area (Å²) in [6, 6.07) is 10.4. The number of fused-ring (bicyclic) bond motifs is 1. The fraction of sp³-hybridized carbons (Fsp3) is 0.500. The third-order valence-electron chi connectivity index (χ3n) is 5.60. The molecule has 0 spiro atoms. The van der Waals surface area contributed by atoms with E-state index in [4.69, 9.17) is 0 Å². The maximum atomic E-state index is 13.5. The maximum Gasteiger partial charge on any atom is 0.243 e. The zero-order valence-corrected chi connectivity index (χ0v) is 19.0. The topological polar surface area (TPSA) is 40.6 Å².